The summed E-state index contributed by atoms with van der Waals surface area (Å²) in [5.41, 5.74) is 0. The molecule has 3 atom stereocenters. The normalized spacial score (nSPS) is 39.1. The molecule has 0 radical (unpaired) electrons. The summed E-state index contributed by atoms with van der Waals surface area (Å²) in [5, 5.41) is 0. The van der Waals surface area contributed by atoms with Gasteiger partial charge in [-0.3, -0.25) is 0 Å². The Morgan fingerprint density at radius 2 is 1.83 bits per heavy atom. The Bertz CT molecular complexity index is 218. The van der Waals surface area contributed by atoms with Gasteiger partial charge in [-0.15, -0.1) is 0 Å². The molecule has 0 spiro atoms. The van der Waals surface area contributed by atoms with Crippen LogP contribution in [0.2, 0.25) is 0 Å². The number of rotatable bonds is 1. The maximum absolute atomic E-state index is 5.09. The molecule has 0 N–H and O–H groups in total. The van der Waals surface area contributed by atoms with Crippen LogP contribution in [-0.4, -0.2) is 12.2 Å². The van der Waals surface area contributed by atoms with Crippen LogP contribution in [0.5, 0.6) is 0 Å². The summed E-state index contributed by atoms with van der Waals surface area (Å²) in [7, 11) is 0. The summed E-state index contributed by atoms with van der Waals surface area (Å²) in [4.78, 5) is 10.1. The summed E-state index contributed by atoms with van der Waals surface area (Å²) in [6, 6.07) is 0. The second kappa shape index (κ2) is 3.04. The fraction of sp³-hybridized carbons (Fsp3) is 0.600. The highest BCUT2D eigenvalue weighted by Gasteiger charge is 2.40. The van der Waals surface area contributed by atoms with Gasteiger partial charge in [-0.05, 0) is 12.0 Å². The predicted octanol–water partition coefficient (Wildman–Crippen LogP) is 2.08. The molecule has 2 nitrogen and oxygen atoms in total. The van der Waals surface area contributed by atoms with Crippen LogP contribution in [0.1, 0.15) is 13.8 Å². The molecule has 0 saturated carbocycles. The Morgan fingerprint density at radius 1 is 1.08 bits per heavy atom. The second-order valence-electron chi connectivity index (χ2n) is 3.71. The number of hydrogen-bond donors (Lipinski definition) is 0. The fourth-order valence-electron chi connectivity index (χ4n) is 1.69. The third kappa shape index (κ3) is 1.21. The van der Waals surface area contributed by atoms with Crippen LogP contribution in [0.4, 0.5) is 0 Å². The molecule has 1 fully saturated rings. The summed E-state index contributed by atoms with van der Waals surface area (Å²) >= 11 is 0. The number of allylic oxidation sites excluding steroid dienone is 2. The van der Waals surface area contributed by atoms with E-state index in [4.69, 9.17) is 9.78 Å². The van der Waals surface area contributed by atoms with Gasteiger partial charge in [0.2, 0.25) is 0 Å². The lowest BCUT2D eigenvalue weighted by Crippen LogP contribution is -2.47. The van der Waals surface area contributed by atoms with E-state index in [0.29, 0.717) is 11.8 Å². The van der Waals surface area contributed by atoms with Gasteiger partial charge in [0.05, 0.1) is 0 Å². The molecule has 12 heavy (non-hydrogen) atoms. The van der Waals surface area contributed by atoms with Crippen LogP contribution in [0.15, 0.2) is 24.3 Å². The zero-order chi connectivity index (χ0) is 8.55. The van der Waals surface area contributed by atoms with Crippen LogP contribution in [0.25, 0.3) is 0 Å². The first-order chi connectivity index (χ1) is 5.79. The van der Waals surface area contributed by atoms with Gasteiger partial charge in [0.25, 0.3) is 0 Å². The van der Waals surface area contributed by atoms with Crippen LogP contribution in [0.3, 0.4) is 0 Å². The van der Waals surface area contributed by atoms with Crippen molar-refractivity contribution in [2.24, 2.45) is 11.8 Å². The van der Waals surface area contributed by atoms with Crippen LogP contribution >= 0.6 is 0 Å². The zero-order valence-corrected chi connectivity index (χ0v) is 7.44. The molecule has 1 aliphatic carbocycles. The SMILES string of the molecule is CC(C)C1C=CC=CC2OOC21. The first kappa shape index (κ1) is 8.02. The van der Waals surface area contributed by atoms with Crippen LogP contribution in [-0.2, 0) is 9.78 Å². The molecule has 2 heteroatoms. The van der Waals surface area contributed by atoms with Gasteiger partial charge in [-0.2, -0.15) is 0 Å². The van der Waals surface area contributed by atoms with Crippen molar-refractivity contribution < 1.29 is 9.78 Å². The first-order valence-electron chi connectivity index (χ1n) is 4.46. The van der Waals surface area contributed by atoms with E-state index in [1.807, 2.05) is 12.2 Å². The van der Waals surface area contributed by atoms with Crippen molar-refractivity contribution in [2.75, 3.05) is 0 Å². The highest BCUT2D eigenvalue weighted by Crippen LogP contribution is 2.32. The maximum atomic E-state index is 5.09. The van der Waals surface area contributed by atoms with Crippen molar-refractivity contribution >= 4 is 0 Å². The fourth-order valence-corrected chi connectivity index (χ4v) is 1.69. The zero-order valence-electron chi connectivity index (χ0n) is 7.44. The molecular weight excluding hydrogens is 152 g/mol. The Kier molecular flexibility index (Phi) is 2.03. The molecule has 2 aliphatic rings. The van der Waals surface area contributed by atoms with Crippen LogP contribution in [0, 0.1) is 11.8 Å². The lowest BCUT2D eigenvalue weighted by Gasteiger charge is -2.38. The monoisotopic (exact) mass is 166 g/mol. The van der Waals surface area contributed by atoms with E-state index in [9.17, 15) is 0 Å². The average molecular weight is 166 g/mol. The third-order valence-corrected chi connectivity index (χ3v) is 2.50. The van der Waals surface area contributed by atoms with Gasteiger partial charge < -0.3 is 0 Å². The Morgan fingerprint density at radius 3 is 2.42 bits per heavy atom. The molecule has 3 unspecified atom stereocenters. The number of hydrogen-bond acceptors (Lipinski definition) is 2. The van der Waals surface area contributed by atoms with Gasteiger partial charge in [-0.1, -0.05) is 32.1 Å². The van der Waals surface area contributed by atoms with E-state index in [-0.39, 0.29) is 12.2 Å². The Labute approximate surface area is 72.8 Å². The standard InChI is InChI=1S/C10H14O2/c1-7(2)8-5-3-4-6-9-10(8)12-11-9/h3-10H,1-2H3. The van der Waals surface area contributed by atoms with Crippen molar-refractivity contribution in [3.63, 3.8) is 0 Å². The molecule has 66 valence electrons. The van der Waals surface area contributed by atoms with E-state index in [1.165, 1.54) is 0 Å². The minimum absolute atomic E-state index is 0.174. The summed E-state index contributed by atoms with van der Waals surface area (Å²) < 4.78 is 0. The molecule has 1 aliphatic heterocycles. The van der Waals surface area contributed by atoms with E-state index < -0.39 is 0 Å². The van der Waals surface area contributed by atoms with Gasteiger partial charge in [-0.25, -0.2) is 9.78 Å². The minimum Gasteiger partial charge on any atom is -0.229 e. The van der Waals surface area contributed by atoms with E-state index in [2.05, 4.69) is 26.0 Å². The van der Waals surface area contributed by atoms with Crippen molar-refractivity contribution in [3.05, 3.63) is 24.3 Å². The first-order valence-corrected chi connectivity index (χ1v) is 4.46. The molecular formula is C10H14O2. The van der Waals surface area contributed by atoms with Gasteiger partial charge in [0, 0.05) is 5.92 Å². The van der Waals surface area contributed by atoms with Crippen molar-refractivity contribution in [3.8, 4) is 0 Å². The summed E-state index contributed by atoms with van der Waals surface area (Å²) in [6.45, 7) is 4.41. The highest BCUT2D eigenvalue weighted by molar-refractivity contribution is 5.15. The molecule has 1 saturated heterocycles. The van der Waals surface area contributed by atoms with Crippen molar-refractivity contribution in [1.82, 2.24) is 0 Å². The lowest BCUT2D eigenvalue weighted by atomic mass is 9.87. The Hall–Kier alpha value is -0.600. The number of fused-ring (bicyclic) bond motifs is 1. The third-order valence-electron chi connectivity index (χ3n) is 2.50. The summed E-state index contributed by atoms with van der Waals surface area (Å²) in [6.07, 6.45) is 8.77. The minimum atomic E-state index is 0.174. The van der Waals surface area contributed by atoms with E-state index in [0.717, 1.165) is 0 Å². The maximum Gasteiger partial charge on any atom is 0.141 e. The topological polar surface area (TPSA) is 18.5 Å². The van der Waals surface area contributed by atoms with Gasteiger partial charge in [0.15, 0.2) is 0 Å². The second-order valence-corrected chi connectivity index (χ2v) is 3.71. The quantitative estimate of drug-likeness (QED) is 0.555. The Balaban J connectivity index is 2.13. The molecule has 0 amide bonds. The van der Waals surface area contributed by atoms with E-state index in [1.54, 1.807) is 0 Å². The smallest absolute Gasteiger partial charge is 0.141 e. The molecule has 2 rings (SSSR count). The predicted molar refractivity (Wildman–Crippen MR) is 46.4 cm³/mol. The van der Waals surface area contributed by atoms with Crippen molar-refractivity contribution in [2.45, 2.75) is 26.1 Å². The molecule has 0 aromatic carbocycles. The molecule has 0 aromatic rings. The van der Waals surface area contributed by atoms with E-state index >= 15 is 0 Å². The molecule has 1 heterocycles. The largest absolute Gasteiger partial charge is 0.229 e. The van der Waals surface area contributed by atoms with Crippen molar-refractivity contribution in [1.29, 1.82) is 0 Å². The molecule has 0 aromatic heterocycles. The molecule has 0 bridgehead atoms. The highest BCUT2D eigenvalue weighted by atomic mass is 17.2. The van der Waals surface area contributed by atoms with Gasteiger partial charge >= 0.3 is 0 Å². The van der Waals surface area contributed by atoms with Gasteiger partial charge in [0.1, 0.15) is 12.2 Å². The summed E-state index contributed by atoms with van der Waals surface area (Å²) in [5.74, 6) is 1.09. The average Bonchev–Trinajstić information content (AvgIpc) is 2.10. The van der Waals surface area contributed by atoms with Crippen LogP contribution < -0.4 is 0 Å². The lowest BCUT2D eigenvalue weighted by molar-refractivity contribution is -0.460.